The van der Waals surface area contributed by atoms with Crippen molar-refractivity contribution < 1.29 is 22.3 Å². The number of halogens is 3. The van der Waals surface area contributed by atoms with Crippen LogP contribution >= 0.6 is 0 Å². The van der Waals surface area contributed by atoms with Gasteiger partial charge in [0.25, 0.3) is 0 Å². The predicted octanol–water partition coefficient (Wildman–Crippen LogP) is 3.72. The van der Waals surface area contributed by atoms with Crippen LogP contribution in [0.5, 0.6) is 0 Å². The molecule has 0 aliphatic carbocycles. The third-order valence-electron chi connectivity index (χ3n) is 4.28. The minimum Gasteiger partial charge on any atom is -0.468 e. The van der Waals surface area contributed by atoms with Gasteiger partial charge in [-0.05, 0) is 44.3 Å². The molecule has 1 aromatic carbocycles. The third-order valence-corrected chi connectivity index (χ3v) is 4.28. The fourth-order valence-electron chi connectivity index (χ4n) is 2.75. The van der Waals surface area contributed by atoms with Crippen LogP contribution in [-0.4, -0.2) is 50.8 Å². The first kappa shape index (κ1) is 23.8. The Morgan fingerprint density at radius 3 is 2.40 bits per heavy atom. The van der Waals surface area contributed by atoms with Crippen LogP contribution in [0.2, 0.25) is 0 Å². The van der Waals surface area contributed by atoms with E-state index in [1.165, 1.54) is 0 Å². The summed E-state index contributed by atoms with van der Waals surface area (Å²) in [5, 5.41) is 6.53. The number of alkyl halides is 3. The Morgan fingerprint density at radius 1 is 1.13 bits per heavy atom. The summed E-state index contributed by atoms with van der Waals surface area (Å²) in [6, 6.07) is 11.0. The second-order valence-corrected chi connectivity index (χ2v) is 7.00. The highest BCUT2D eigenvalue weighted by molar-refractivity contribution is 5.79. The summed E-state index contributed by atoms with van der Waals surface area (Å²) in [5.41, 5.74) is 1.63. The van der Waals surface area contributed by atoms with Crippen molar-refractivity contribution in [1.82, 2.24) is 15.5 Å². The van der Waals surface area contributed by atoms with Crippen molar-refractivity contribution in [2.75, 3.05) is 33.8 Å². The predicted molar refractivity (Wildman–Crippen MR) is 110 cm³/mol. The zero-order valence-electron chi connectivity index (χ0n) is 17.5. The summed E-state index contributed by atoms with van der Waals surface area (Å²) in [5.74, 6) is 1.54. The summed E-state index contributed by atoms with van der Waals surface area (Å²) < 4.78 is 46.6. The largest absolute Gasteiger partial charge is 0.468 e. The number of furan rings is 1. The van der Waals surface area contributed by atoms with Gasteiger partial charge in [-0.15, -0.1) is 0 Å². The molecule has 0 saturated heterocycles. The maximum Gasteiger partial charge on any atom is 0.411 e. The van der Waals surface area contributed by atoms with Gasteiger partial charge in [0.05, 0.1) is 25.5 Å². The quantitative estimate of drug-likeness (QED) is 0.448. The Labute approximate surface area is 175 Å². The maximum absolute atomic E-state index is 12.1. The van der Waals surface area contributed by atoms with E-state index in [0.29, 0.717) is 31.2 Å². The highest BCUT2D eigenvalue weighted by Gasteiger charge is 2.27. The highest BCUT2D eigenvalue weighted by atomic mass is 19.4. The maximum atomic E-state index is 12.1. The monoisotopic (exact) mass is 426 g/mol. The van der Waals surface area contributed by atoms with Crippen LogP contribution < -0.4 is 10.6 Å². The second kappa shape index (κ2) is 11.6. The number of rotatable bonds is 10. The van der Waals surface area contributed by atoms with Gasteiger partial charge < -0.3 is 19.8 Å². The number of likely N-dealkylation sites (N-methyl/N-ethyl adjacent to an activating group) is 1. The lowest BCUT2D eigenvalue weighted by Gasteiger charge is -2.23. The van der Waals surface area contributed by atoms with Crippen LogP contribution in [0.3, 0.4) is 0 Å². The number of aliphatic imine (C=N–C) groups is 1. The standard InChI is InChI=1S/C21H29F3N4O2/c1-4-25-20(27-13-18(28(2)3)19-6-5-11-30-19)26-12-16-7-9-17(10-8-16)14-29-15-21(22,23)24/h5-11,18H,4,12-15H2,1-3H3,(H2,25,26,27). The van der Waals surface area contributed by atoms with Crippen molar-refractivity contribution >= 4 is 5.96 Å². The number of ether oxygens (including phenoxy) is 1. The van der Waals surface area contributed by atoms with Gasteiger partial charge in [0, 0.05) is 13.1 Å². The molecule has 1 unspecified atom stereocenters. The van der Waals surface area contributed by atoms with Crippen LogP contribution in [0.15, 0.2) is 52.1 Å². The molecule has 0 spiro atoms. The Bertz CT molecular complexity index is 760. The molecule has 2 aromatic rings. The van der Waals surface area contributed by atoms with E-state index < -0.39 is 12.8 Å². The minimum atomic E-state index is -4.31. The lowest BCUT2D eigenvalue weighted by atomic mass is 10.1. The van der Waals surface area contributed by atoms with Gasteiger partial charge in [0.15, 0.2) is 5.96 Å². The van der Waals surface area contributed by atoms with Gasteiger partial charge >= 0.3 is 6.18 Å². The van der Waals surface area contributed by atoms with Crippen molar-refractivity contribution in [3.05, 3.63) is 59.5 Å². The number of benzene rings is 1. The molecule has 6 nitrogen and oxygen atoms in total. The number of guanidine groups is 1. The molecule has 0 radical (unpaired) electrons. The summed E-state index contributed by atoms with van der Waals surface area (Å²) in [4.78, 5) is 6.65. The van der Waals surface area contributed by atoms with E-state index in [1.807, 2.05) is 45.3 Å². The second-order valence-electron chi connectivity index (χ2n) is 7.00. The molecule has 1 atom stereocenters. The highest BCUT2D eigenvalue weighted by Crippen LogP contribution is 2.18. The molecule has 0 aliphatic heterocycles. The average molecular weight is 426 g/mol. The van der Waals surface area contributed by atoms with E-state index in [4.69, 9.17) is 4.42 Å². The smallest absolute Gasteiger partial charge is 0.411 e. The molecular formula is C21H29F3N4O2. The molecule has 2 N–H and O–H groups in total. The lowest BCUT2D eigenvalue weighted by molar-refractivity contribution is -0.176. The van der Waals surface area contributed by atoms with Crippen molar-refractivity contribution in [3.8, 4) is 0 Å². The summed E-state index contributed by atoms with van der Waals surface area (Å²) in [6.45, 7) is 2.43. The first-order valence-electron chi connectivity index (χ1n) is 9.73. The molecule has 0 amide bonds. The Hall–Kier alpha value is -2.52. The normalized spacial score (nSPS) is 13.5. The topological polar surface area (TPSA) is 62.0 Å². The molecule has 0 saturated carbocycles. The first-order chi connectivity index (χ1) is 14.3. The Kier molecular flexibility index (Phi) is 9.19. The molecule has 0 aliphatic rings. The Morgan fingerprint density at radius 2 is 1.83 bits per heavy atom. The molecule has 1 aromatic heterocycles. The summed E-state index contributed by atoms with van der Waals surface area (Å²) >= 11 is 0. The van der Waals surface area contributed by atoms with Crippen molar-refractivity contribution in [2.24, 2.45) is 4.99 Å². The van der Waals surface area contributed by atoms with Crippen LogP contribution in [0.1, 0.15) is 29.9 Å². The fourth-order valence-corrected chi connectivity index (χ4v) is 2.75. The molecule has 1 heterocycles. The van der Waals surface area contributed by atoms with Crippen molar-refractivity contribution in [1.29, 1.82) is 0 Å². The van der Waals surface area contributed by atoms with Gasteiger partial charge in [0.2, 0.25) is 0 Å². The zero-order chi connectivity index (χ0) is 22.0. The molecule has 166 valence electrons. The van der Waals surface area contributed by atoms with Gasteiger partial charge in [-0.25, -0.2) is 4.99 Å². The fraction of sp³-hybridized carbons (Fsp3) is 0.476. The SMILES string of the molecule is CCNC(=NCc1ccc(COCC(F)(F)F)cc1)NCC(c1ccco1)N(C)C. The molecular weight excluding hydrogens is 397 g/mol. The molecule has 9 heteroatoms. The van der Waals surface area contributed by atoms with Crippen LogP contribution in [0, 0.1) is 0 Å². The third kappa shape index (κ3) is 8.46. The van der Waals surface area contributed by atoms with Gasteiger partial charge in [-0.1, -0.05) is 24.3 Å². The van der Waals surface area contributed by atoms with E-state index in [1.54, 1.807) is 18.4 Å². The van der Waals surface area contributed by atoms with Gasteiger partial charge in [0.1, 0.15) is 12.4 Å². The summed E-state index contributed by atoms with van der Waals surface area (Å²) in [6.07, 6.45) is -2.66. The van der Waals surface area contributed by atoms with Gasteiger partial charge in [-0.2, -0.15) is 13.2 Å². The number of nitrogens with one attached hydrogen (secondary N) is 2. The van der Waals surface area contributed by atoms with E-state index >= 15 is 0 Å². The van der Waals surface area contributed by atoms with Gasteiger partial charge in [-0.3, -0.25) is 4.90 Å². The van der Waals surface area contributed by atoms with Crippen LogP contribution in [0.25, 0.3) is 0 Å². The first-order valence-corrected chi connectivity index (χ1v) is 9.73. The molecule has 0 bridgehead atoms. The number of hydrogen-bond acceptors (Lipinski definition) is 4. The van der Waals surface area contributed by atoms with E-state index in [-0.39, 0.29) is 12.6 Å². The van der Waals surface area contributed by atoms with Crippen LogP contribution in [-0.2, 0) is 17.9 Å². The van der Waals surface area contributed by atoms with E-state index in [0.717, 1.165) is 11.3 Å². The van der Waals surface area contributed by atoms with Crippen molar-refractivity contribution in [3.63, 3.8) is 0 Å². The average Bonchev–Trinajstić information content (AvgIpc) is 3.20. The Balaban J connectivity index is 1.90. The zero-order valence-corrected chi connectivity index (χ0v) is 17.5. The van der Waals surface area contributed by atoms with E-state index in [2.05, 4.69) is 25.3 Å². The molecule has 0 fully saturated rings. The number of hydrogen-bond donors (Lipinski definition) is 2. The molecule has 2 rings (SSSR count). The van der Waals surface area contributed by atoms with E-state index in [9.17, 15) is 13.2 Å². The lowest BCUT2D eigenvalue weighted by Crippen LogP contribution is -2.41. The van der Waals surface area contributed by atoms with Crippen LogP contribution in [0.4, 0.5) is 13.2 Å². The van der Waals surface area contributed by atoms with Crippen molar-refractivity contribution in [2.45, 2.75) is 32.3 Å². The minimum absolute atomic E-state index is 0.0554. The number of nitrogens with zero attached hydrogens (tertiary/aromatic N) is 2. The summed E-state index contributed by atoms with van der Waals surface area (Å²) in [7, 11) is 3.97. The molecule has 30 heavy (non-hydrogen) atoms.